The van der Waals surface area contributed by atoms with Gasteiger partial charge >= 0.3 is 6.18 Å². The van der Waals surface area contributed by atoms with Gasteiger partial charge in [0.2, 0.25) is 5.95 Å². The van der Waals surface area contributed by atoms with Crippen LogP contribution in [-0.4, -0.2) is 66.1 Å². The third kappa shape index (κ3) is 4.73. The van der Waals surface area contributed by atoms with Crippen LogP contribution < -0.4 is 5.32 Å². The van der Waals surface area contributed by atoms with Gasteiger partial charge in [-0.05, 0) is 25.1 Å². The number of aliphatic hydroxyl groups is 1. The Balaban J connectivity index is 1.37. The number of hydrogen-bond acceptors (Lipinski definition) is 8. The lowest BCUT2D eigenvalue weighted by atomic mass is 10.1. The number of aryl methyl sites for hydroxylation is 1. The molecule has 10 nitrogen and oxygen atoms in total. The van der Waals surface area contributed by atoms with Gasteiger partial charge in [-0.15, -0.1) is 0 Å². The standard InChI is InChI=1S/C22H20F3N7O3/c1-12-13(8-31-10-15(33)11-35-31)9-32(30-12)19-4-5-26-21(29-19)28-14-2-3-18-16(6-14)17(7-27-18)20(34)22(23,24)25/h2-7,9,15,27,33H,8,10-11H2,1H3,(H,26,28,29). The molecule has 3 aromatic heterocycles. The summed E-state index contributed by atoms with van der Waals surface area (Å²) >= 11 is 0. The average molecular weight is 487 g/mol. The summed E-state index contributed by atoms with van der Waals surface area (Å²) in [6.07, 6.45) is -1.12. The highest BCUT2D eigenvalue weighted by Gasteiger charge is 2.40. The number of Topliss-reactive ketones (excluding diaryl/α,β-unsaturated/α-hetero) is 1. The van der Waals surface area contributed by atoms with Crippen molar-refractivity contribution in [2.45, 2.75) is 25.7 Å². The number of hydroxylamine groups is 2. The molecule has 0 radical (unpaired) electrons. The number of carbonyl (C=O) groups is 1. The van der Waals surface area contributed by atoms with E-state index < -0.39 is 23.6 Å². The predicted molar refractivity (Wildman–Crippen MR) is 118 cm³/mol. The molecule has 0 saturated carbocycles. The Bertz CT molecular complexity index is 1400. The smallest absolute Gasteiger partial charge is 0.389 e. The normalized spacial score (nSPS) is 16.8. The number of benzene rings is 1. The zero-order valence-electron chi connectivity index (χ0n) is 18.4. The Morgan fingerprint density at radius 1 is 1.34 bits per heavy atom. The van der Waals surface area contributed by atoms with Crippen LogP contribution in [0.5, 0.6) is 0 Å². The molecule has 0 bridgehead atoms. The van der Waals surface area contributed by atoms with E-state index in [1.807, 2.05) is 6.92 Å². The Hall–Kier alpha value is -3.81. The predicted octanol–water partition coefficient (Wildman–Crippen LogP) is 3.05. The minimum absolute atomic E-state index is 0.134. The van der Waals surface area contributed by atoms with Crippen LogP contribution in [0.3, 0.4) is 0 Å². The molecule has 0 amide bonds. The number of aromatic amines is 1. The second kappa shape index (κ2) is 8.76. The maximum Gasteiger partial charge on any atom is 0.454 e. The van der Waals surface area contributed by atoms with Gasteiger partial charge in [0.05, 0.1) is 37.1 Å². The third-order valence-corrected chi connectivity index (χ3v) is 5.53. The van der Waals surface area contributed by atoms with Gasteiger partial charge in [-0.25, -0.2) is 9.67 Å². The molecule has 1 atom stereocenters. The number of nitrogens with zero attached hydrogens (tertiary/aromatic N) is 5. The lowest BCUT2D eigenvalue weighted by Gasteiger charge is -2.12. The fourth-order valence-corrected chi connectivity index (χ4v) is 3.81. The first-order valence-electron chi connectivity index (χ1n) is 10.6. The number of nitrogens with one attached hydrogen (secondary N) is 2. The zero-order chi connectivity index (χ0) is 24.7. The number of rotatable bonds is 6. The SMILES string of the molecule is Cc1nn(-c2ccnc(Nc3ccc4[nH]cc(C(=O)C(F)(F)F)c4c3)n2)cc1CN1CC(O)CO1. The number of fused-ring (bicyclic) bond motifs is 1. The van der Waals surface area contributed by atoms with Gasteiger partial charge in [0.25, 0.3) is 5.78 Å². The minimum Gasteiger partial charge on any atom is -0.389 e. The highest BCUT2D eigenvalue weighted by atomic mass is 19.4. The number of anilines is 2. The Morgan fingerprint density at radius 2 is 2.17 bits per heavy atom. The average Bonchev–Trinajstić information content (AvgIpc) is 3.52. The van der Waals surface area contributed by atoms with Crippen molar-refractivity contribution < 1.29 is 27.9 Å². The first-order chi connectivity index (χ1) is 16.7. The van der Waals surface area contributed by atoms with Gasteiger partial charge in [-0.3, -0.25) is 9.63 Å². The van der Waals surface area contributed by atoms with Crippen molar-refractivity contribution >= 4 is 28.3 Å². The van der Waals surface area contributed by atoms with Crippen molar-refractivity contribution in [3.63, 3.8) is 0 Å². The maximum absolute atomic E-state index is 12.9. The number of hydrogen-bond donors (Lipinski definition) is 3. The molecule has 1 aromatic carbocycles. The van der Waals surface area contributed by atoms with E-state index in [1.54, 1.807) is 34.1 Å². The topological polar surface area (TPSA) is 121 Å². The Morgan fingerprint density at radius 3 is 2.91 bits per heavy atom. The van der Waals surface area contributed by atoms with Crippen molar-refractivity contribution in [3.05, 3.63) is 59.7 Å². The van der Waals surface area contributed by atoms with E-state index in [1.165, 1.54) is 12.3 Å². The largest absolute Gasteiger partial charge is 0.454 e. The van der Waals surface area contributed by atoms with E-state index in [2.05, 4.69) is 25.4 Å². The number of H-pyrrole nitrogens is 1. The molecule has 182 valence electrons. The summed E-state index contributed by atoms with van der Waals surface area (Å²) < 4.78 is 40.4. The summed E-state index contributed by atoms with van der Waals surface area (Å²) in [7, 11) is 0. The maximum atomic E-state index is 12.9. The Labute approximate surface area is 196 Å². The molecular weight excluding hydrogens is 467 g/mol. The molecule has 1 unspecified atom stereocenters. The van der Waals surface area contributed by atoms with Crippen LogP contribution >= 0.6 is 0 Å². The van der Waals surface area contributed by atoms with E-state index in [4.69, 9.17) is 4.84 Å². The van der Waals surface area contributed by atoms with Crippen LogP contribution in [0.2, 0.25) is 0 Å². The molecule has 3 N–H and O–H groups in total. The zero-order valence-corrected chi connectivity index (χ0v) is 18.4. The van der Waals surface area contributed by atoms with Crippen LogP contribution in [0.4, 0.5) is 24.8 Å². The second-order valence-electron chi connectivity index (χ2n) is 8.11. The van der Waals surface area contributed by atoms with Crippen molar-refractivity contribution in [1.82, 2.24) is 29.8 Å². The molecule has 4 aromatic rings. The number of carbonyl (C=O) groups excluding carboxylic acids is 1. The molecule has 35 heavy (non-hydrogen) atoms. The first kappa shape index (κ1) is 23.0. The molecular formula is C22H20F3N7O3. The molecule has 0 spiro atoms. The van der Waals surface area contributed by atoms with Gasteiger partial charge in [-0.1, -0.05) is 0 Å². The molecule has 0 aliphatic carbocycles. The fourth-order valence-electron chi connectivity index (χ4n) is 3.81. The van der Waals surface area contributed by atoms with Gasteiger partial charge in [0.1, 0.15) is 0 Å². The van der Waals surface area contributed by atoms with Crippen molar-refractivity contribution in [1.29, 1.82) is 0 Å². The van der Waals surface area contributed by atoms with Gasteiger partial charge < -0.3 is 15.4 Å². The molecule has 1 fully saturated rings. The Kier molecular flexibility index (Phi) is 5.75. The summed E-state index contributed by atoms with van der Waals surface area (Å²) in [4.78, 5) is 28.5. The summed E-state index contributed by atoms with van der Waals surface area (Å²) in [5.41, 5.74) is 2.01. The number of halogens is 3. The quantitative estimate of drug-likeness (QED) is 0.355. The number of aliphatic hydroxyl groups excluding tert-OH is 1. The number of aromatic nitrogens is 5. The molecule has 1 aliphatic rings. The highest BCUT2D eigenvalue weighted by Crippen LogP contribution is 2.29. The lowest BCUT2D eigenvalue weighted by Crippen LogP contribution is -2.22. The molecule has 5 rings (SSSR count). The van der Waals surface area contributed by atoms with E-state index in [9.17, 15) is 23.1 Å². The van der Waals surface area contributed by atoms with E-state index in [0.29, 0.717) is 30.1 Å². The first-order valence-corrected chi connectivity index (χ1v) is 10.6. The monoisotopic (exact) mass is 487 g/mol. The van der Waals surface area contributed by atoms with Crippen LogP contribution in [-0.2, 0) is 11.4 Å². The van der Waals surface area contributed by atoms with E-state index >= 15 is 0 Å². The van der Waals surface area contributed by atoms with Crippen LogP contribution in [0, 0.1) is 6.92 Å². The number of β-amino-alcohol motifs (C(OH)–C–C–N with tert-alkyl or cyclic N) is 1. The van der Waals surface area contributed by atoms with Crippen molar-refractivity contribution in [3.8, 4) is 5.82 Å². The second-order valence-corrected chi connectivity index (χ2v) is 8.11. The fraction of sp³-hybridized carbons (Fsp3) is 0.273. The van der Waals surface area contributed by atoms with Crippen LogP contribution in [0.1, 0.15) is 21.6 Å². The highest BCUT2D eigenvalue weighted by molar-refractivity contribution is 6.11. The number of ketones is 1. The third-order valence-electron chi connectivity index (χ3n) is 5.53. The van der Waals surface area contributed by atoms with Crippen molar-refractivity contribution in [2.24, 2.45) is 0 Å². The van der Waals surface area contributed by atoms with Crippen LogP contribution in [0.15, 0.2) is 42.9 Å². The molecule has 1 saturated heterocycles. The van der Waals surface area contributed by atoms with E-state index in [-0.39, 0.29) is 17.9 Å². The minimum atomic E-state index is -4.97. The molecule has 1 aliphatic heterocycles. The molecule has 13 heteroatoms. The summed E-state index contributed by atoms with van der Waals surface area (Å²) in [5.74, 6) is -1.26. The summed E-state index contributed by atoms with van der Waals surface area (Å²) in [5, 5.41) is 18.9. The van der Waals surface area contributed by atoms with Gasteiger partial charge in [0, 0.05) is 46.8 Å². The van der Waals surface area contributed by atoms with E-state index in [0.717, 1.165) is 17.5 Å². The molecule has 4 heterocycles. The summed E-state index contributed by atoms with van der Waals surface area (Å²) in [6, 6.07) is 6.29. The van der Waals surface area contributed by atoms with Crippen LogP contribution in [0.25, 0.3) is 16.7 Å². The number of alkyl halides is 3. The summed E-state index contributed by atoms with van der Waals surface area (Å²) in [6.45, 7) is 2.97. The lowest BCUT2D eigenvalue weighted by molar-refractivity contribution is -0.118. The van der Waals surface area contributed by atoms with Crippen molar-refractivity contribution in [2.75, 3.05) is 18.5 Å². The van der Waals surface area contributed by atoms with Gasteiger partial charge in [0.15, 0.2) is 5.82 Å². The van der Waals surface area contributed by atoms with Gasteiger partial charge in [-0.2, -0.15) is 28.3 Å².